The second-order valence-electron chi connectivity index (χ2n) is 9.07. The predicted octanol–water partition coefficient (Wildman–Crippen LogP) is 3.42. The van der Waals surface area contributed by atoms with Crippen LogP contribution in [0.25, 0.3) is 0 Å². The van der Waals surface area contributed by atoms with Crippen LogP contribution in [-0.2, 0) is 4.79 Å². The van der Waals surface area contributed by atoms with Crippen molar-refractivity contribution >= 4 is 11.6 Å². The van der Waals surface area contributed by atoms with E-state index in [-0.39, 0.29) is 12.0 Å². The van der Waals surface area contributed by atoms with Crippen LogP contribution < -0.4 is 15.4 Å². The highest BCUT2D eigenvalue weighted by Crippen LogP contribution is 2.35. The molecule has 0 radical (unpaired) electrons. The van der Waals surface area contributed by atoms with Gasteiger partial charge >= 0.3 is 0 Å². The lowest BCUT2D eigenvalue weighted by molar-refractivity contribution is -0.122. The van der Waals surface area contributed by atoms with Crippen molar-refractivity contribution in [3.05, 3.63) is 24.3 Å². The number of piperazine rings is 1. The number of carbonyl (C=O) groups is 1. The minimum absolute atomic E-state index is 0.155. The van der Waals surface area contributed by atoms with Crippen molar-refractivity contribution < 1.29 is 9.53 Å². The Morgan fingerprint density at radius 1 is 1.20 bits per heavy atom. The van der Waals surface area contributed by atoms with Crippen LogP contribution in [0, 0.1) is 29.1 Å². The molecule has 0 aromatic heterocycles. The topological polar surface area (TPSA) is 82.6 Å². The minimum Gasteiger partial charge on any atom is -0.491 e. The van der Waals surface area contributed by atoms with Gasteiger partial charge in [-0.15, -0.1) is 0 Å². The van der Waals surface area contributed by atoms with Gasteiger partial charge in [0.25, 0.3) is 0 Å². The number of hydrogen-bond acceptors (Lipinski definition) is 5. The molecule has 1 aliphatic heterocycles. The van der Waals surface area contributed by atoms with Crippen molar-refractivity contribution in [1.82, 2.24) is 4.90 Å². The van der Waals surface area contributed by atoms with Gasteiger partial charge in [-0.2, -0.15) is 5.26 Å². The Kier molecular flexibility index (Phi) is 7.98. The van der Waals surface area contributed by atoms with Crippen LogP contribution >= 0.6 is 0 Å². The second kappa shape index (κ2) is 10.7. The average Bonchev–Trinajstić information content (AvgIpc) is 2.73. The van der Waals surface area contributed by atoms with Crippen molar-refractivity contribution in [3.8, 4) is 11.8 Å². The molecule has 1 aromatic rings. The first-order chi connectivity index (χ1) is 14.5. The zero-order valence-electron chi connectivity index (χ0n) is 18.4. The Morgan fingerprint density at radius 3 is 2.50 bits per heavy atom. The quantitative estimate of drug-likeness (QED) is 0.707. The number of anilines is 1. The molecule has 30 heavy (non-hydrogen) atoms. The molecule has 1 heterocycles. The van der Waals surface area contributed by atoms with E-state index in [0.717, 1.165) is 64.2 Å². The molecule has 3 rings (SSSR count). The van der Waals surface area contributed by atoms with Crippen LogP contribution in [0.2, 0.25) is 0 Å². The molecular formula is C24H36N4O2. The maximum Gasteiger partial charge on any atom is 0.235 e. The molecular weight excluding hydrogens is 376 g/mol. The Balaban J connectivity index is 1.39. The number of nitriles is 1. The van der Waals surface area contributed by atoms with E-state index in [4.69, 9.17) is 10.5 Å². The van der Waals surface area contributed by atoms with Gasteiger partial charge in [0.2, 0.25) is 5.91 Å². The number of rotatable bonds is 8. The fourth-order valence-electron chi connectivity index (χ4n) is 4.83. The Hall–Kier alpha value is -2.26. The predicted molar refractivity (Wildman–Crippen MR) is 119 cm³/mol. The molecule has 2 N–H and O–H groups in total. The van der Waals surface area contributed by atoms with Gasteiger partial charge in [0.1, 0.15) is 11.7 Å². The molecule has 6 heteroatoms. The Morgan fingerprint density at radius 2 is 1.90 bits per heavy atom. The zero-order valence-corrected chi connectivity index (χ0v) is 18.4. The maximum absolute atomic E-state index is 11.4. The summed E-state index contributed by atoms with van der Waals surface area (Å²) >= 11 is 0. The number of hydrogen-bond donors (Lipinski definition) is 1. The molecule has 1 amide bonds. The van der Waals surface area contributed by atoms with E-state index in [1.54, 1.807) is 0 Å². The minimum atomic E-state index is -0.608. The van der Waals surface area contributed by atoms with Crippen LogP contribution in [-0.4, -0.2) is 49.6 Å². The van der Waals surface area contributed by atoms with Gasteiger partial charge in [-0.3, -0.25) is 9.69 Å². The van der Waals surface area contributed by atoms with Crippen molar-refractivity contribution in [1.29, 1.82) is 5.26 Å². The van der Waals surface area contributed by atoms with E-state index < -0.39 is 11.8 Å². The number of nitrogens with zero attached hydrogens (tertiary/aromatic N) is 3. The van der Waals surface area contributed by atoms with Crippen molar-refractivity contribution in [2.24, 2.45) is 23.5 Å². The molecule has 1 atom stereocenters. The van der Waals surface area contributed by atoms with Gasteiger partial charge in [-0.25, -0.2) is 0 Å². The van der Waals surface area contributed by atoms with Crippen LogP contribution in [0.4, 0.5) is 5.69 Å². The van der Waals surface area contributed by atoms with E-state index in [2.05, 4.69) is 47.9 Å². The van der Waals surface area contributed by atoms with Crippen LogP contribution in [0.5, 0.6) is 5.75 Å². The molecule has 0 bridgehead atoms. The fraction of sp³-hybridized carbons (Fsp3) is 0.667. The zero-order chi connectivity index (χ0) is 21.5. The smallest absolute Gasteiger partial charge is 0.235 e. The summed E-state index contributed by atoms with van der Waals surface area (Å²) in [5, 5.41) is 9.18. The Bertz CT molecular complexity index is 729. The summed E-state index contributed by atoms with van der Waals surface area (Å²) in [6.07, 6.45) is 5.52. The van der Waals surface area contributed by atoms with Gasteiger partial charge in [0, 0.05) is 37.9 Å². The molecule has 1 aliphatic carbocycles. The summed E-state index contributed by atoms with van der Waals surface area (Å²) in [6, 6.07) is 10.5. The number of carbonyl (C=O) groups excluding carboxylic acids is 1. The first kappa shape index (κ1) is 22.4. The fourth-order valence-corrected chi connectivity index (χ4v) is 4.83. The molecule has 0 spiro atoms. The van der Waals surface area contributed by atoms with E-state index in [0.29, 0.717) is 5.92 Å². The van der Waals surface area contributed by atoms with Gasteiger partial charge in [0.05, 0.1) is 12.2 Å². The summed E-state index contributed by atoms with van der Waals surface area (Å²) in [5.74, 6) is 0.734. The van der Waals surface area contributed by atoms with Gasteiger partial charge < -0.3 is 15.4 Å². The third-order valence-corrected chi connectivity index (χ3v) is 6.59. The summed E-state index contributed by atoms with van der Waals surface area (Å²) in [7, 11) is 0. The van der Waals surface area contributed by atoms with E-state index in [1.807, 2.05) is 6.07 Å². The maximum atomic E-state index is 11.4. The van der Waals surface area contributed by atoms with Crippen LogP contribution in [0.3, 0.4) is 0 Å². The molecule has 2 fully saturated rings. The van der Waals surface area contributed by atoms with Crippen molar-refractivity contribution in [2.75, 3.05) is 37.6 Å². The number of amides is 1. The van der Waals surface area contributed by atoms with Gasteiger partial charge in [-0.1, -0.05) is 18.9 Å². The lowest BCUT2D eigenvalue weighted by atomic mass is 9.75. The third-order valence-electron chi connectivity index (χ3n) is 6.59. The van der Waals surface area contributed by atoms with Gasteiger partial charge in [0.15, 0.2) is 0 Å². The Labute approximate surface area is 181 Å². The SMILES string of the molecule is CC(C)Oc1cccc(N2CCN(CCC3CCC(C(C#N)C(N)=O)CC3)CC2)c1. The van der Waals surface area contributed by atoms with Crippen molar-refractivity contribution in [3.63, 3.8) is 0 Å². The van der Waals surface area contributed by atoms with Gasteiger partial charge in [-0.05, 0) is 63.6 Å². The summed E-state index contributed by atoms with van der Waals surface area (Å²) in [6.45, 7) is 9.50. The molecule has 1 saturated carbocycles. The molecule has 164 valence electrons. The molecule has 1 saturated heterocycles. The largest absolute Gasteiger partial charge is 0.491 e. The van der Waals surface area contributed by atoms with E-state index >= 15 is 0 Å². The van der Waals surface area contributed by atoms with Crippen molar-refractivity contribution in [2.45, 2.75) is 52.1 Å². The average molecular weight is 413 g/mol. The highest BCUT2D eigenvalue weighted by atomic mass is 16.5. The second-order valence-corrected chi connectivity index (χ2v) is 9.07. The number of benzene rings is 1. The number of ether oxygens (including phenoxy) is 1. The standard InChI is InChI=1S/C24H36N4O2/c1-18(2)30-22-5-3-4-21(16-22)28-14-12-27(13-15-28)11-10-19-6-8-20(9-7-19)23(17-25)24(26)29/h3-5,16,18-20,23H,6-15H2,1-2H3,(H2,26,29). The summed E-state index contributed by atoms with van der Waals surface area (Å²) < 4.78 is 5.83. The number of nitrogens with two attached hydrogens (primary N) is 1. The number of primary amides is 1. The molecule has 1 unspecified atom stereocenters. The lowest BCUT2D eigenvalue weighted by Gasteiger charge is -2.37. The summed E-state index contributed by atoms with van der Waals surface area (Å²) in [4.78, 5) is 16.4. The molecule has 1 aromatic carbocycles. The normalized spacial score (nSPS) is 23.7. The first-order valence-electron chi connectivity index (χ1n) is 11.4. The molecule has 6 nitrogen and oxygen atoms in total. The highest BCUT2D eigenvalue weighted by Gasteiger charge is 2.31. The summed E-state index contributed by atoms with van der Waals surface area (Å²) in [5.41, 5.74) is 6.62. The van der Waals surface area contributed by atoms with Crippen LogP contribution in [0.15, 0.2) is 24.3 Å². The third kappa shape index (κ3) is 6.12. The van der Waals surface area contributed by atoms with E-state index in [9.17, 15) is 10.1 Å². The molecule has 2 aliphatic rings. The van der Waals surface area contributed by atoms with E-state index in [1.165, 1.54) is 12.1 Å². The first-order valence-corrected chi connectivity index (χ1v) is 11.4. The lowest BCUT2D eigenvalue weighted by Crippen LogP contribution is -2.47. The van der Waals surface area contributed by atoms with Crippen LogP contribution in [0.1, 0.15) is 46.0 Å². The highest BCUT2D eigenvalue weighted by molar-refractivity contribution is 5.79. The monoisotopic (exact) mass is 412 g/mol.